The largest absolute Gasteiger partial charge is 0.373 e. The molecule has 3 aliphatic rings. The molecule has 0 saturated carbocycles. The minimum Gasteiger partial charge on any atom is -0.373 e. The summed E-state index contributed by atoms with van der Waals surface area (Å²) in [5, 5.41) is 7.19. The summed E-state index contributed by atoms with van der Waals surface area (Å²) in [5.41, 5.74) is 2.54. The van der Waals surface area contributed by atoms with Crippen molar-refractivity contribution in [3.8, 4) is 0 Å². The Kier molecular flexibility index (Phi) is 3.26. The molecule has 4 rings (SSSR count). The van der Waals surface area contributed by atoms with Gasteiger partial charge in [0.15, 0.2) is 15.5 Å². The van der Waals surface area contributed by atoms with E-state index in [0.717, 1.165) is 36.9 Å². The van der Waals surface area contributed by atoms with Crippen molar-refractivity contribution < 1.29 is 17.9 Å². The summed E-state index contributed by atoms with van der Waals surface area (Å²) in [4.78, 5) is 14.5. The average Bonchev–Trinajstić information content (AvgIpc) is 3.05. The predicted molar refractivity (Wildman–Crippen MR) is 78.4 cm³/mol. The lowest BCUT2D eigenvalue weighted by molar-refractivity contribution is -0.0363. The number of carbonyl (C=O) groups is 1. The Morgan fingerprint density at radius 2 is 2.09 bits per heavy atom. The van der Waals surface area contributed by atoms with Crippen molar-refractivity contribution in [3.63, 3.8) is 0 Å². The smallest absolute Gasteiger partial charge is 0.275 e. The second-order valence-electron chi connectivity index (χ2n) is 6.29. The highest BCUT2D eigenvalue weighted by Gasteiger charge is 2.46. The molecule has 0 aromatic carbocycles. The van der Waals surface area contributed by atoms with Gasteiger partial charge in [-0.15, -0.1) is 0 Å². The molecule has 1 aromatic rings. The topological polar surface area (TPSA) is 92.4 Å². The molecular weight excluding hydrogens is 306 g/mol. The van der Waals surface area contributed by atoms with E-state index in [9.17, 15) is 13.2 Å². The molecule has 1 aromatic heterocycles. The van der Waals surface area contributed by atoms with Crippen LogP contribution >= 0.6 is 0 Å². The molecule has 2 atom stereocenters. The molecule has 0 bridgehead atoms. The Morgan fingerprint density at radius 3 is 2.95 bits per heavy atom. The number of aromatic nitrogens is 2. The quantitative estimate of drug-likeness (QED) is 0.780. The number of hydrogen-bond acceptors (Lipinski definition) is 5. The Labute approximate surface area is 128 Å². The number of nitrogens with one attached hydrogen (secondary N) is 1. The van der Waals surface area contributed by atoms with Gasteiger partial charge in [-0.25, -0.2) is 8.42 Å². The molecule has 0 radical (unpaired) electrons. The first-order valence-electron chi connectivity index (χ1n) is 7.74. The van der Waals surface area contributed by atoms with E-state index in [1.54, 1.807) is 4.90 Å². The van der Waals surface area contributed by atoms with E-state index in [1.807, 2.05) is 0 Å². The highest BCUT2D eigenvalue weighted by atomic mass is 32.2. The number of amides is 1. The zero-order chi connectivity index (χ0) is 15.3. The summed E-state index contributed by atoms with van der Waals surface area (Å²) in [6.45, 7) is 0.812. The highest BCUT2D eigenvalue weighted by Crippen LogP contribution is 2.28. The number of hydrogen-bond donors (Lipinski definition) is 1. The molecule has 7 nitrogen and oxygen atoms in total. The van der Waals surface area contributed by atoms with Gasteiger partial charge in [0.1, 0.15) is 0 Å². The molecule has 8 heteroatoms. The van der Waals surface area contributed by atoms with Gasteiger partial charge < -0.3 is 9.64 Å². The van der Waals surface area contributed by atoms with Crippen LogP contribution in [-0.2, 0) is 27.4 Å². The summed E-state index contributed by atoms with van der Waals surface area (Å²) in [5.74, 6) is -0.148. The van der Waals surface area contributed by atoms with Gasteiger partial charge in [0, 0.05) is 17.8 Å². The number of aromatic amines is 1. The van der Waals surface area contributed by atoms with E-state index in [0.29, 0.717) is 18.8 Å². The van der Waals surface area contributed by atoms with Crippen LogP contribution in [0.2, 0.25) is 0 Å². The van der Waals surface area contributed by atoms with Crippen molar-refractivity contribution in [3.05, 3.63) is 17.0 Å². The van der Waals surface area contributed by atoms with Gasteiger partial charge in [-0.1, -0.05) is 0 Å². The van der Waals surface area contributed by atoms with Gasteiger partial charge in [-0.3, -0.25) is 9.89 Å². The third-order valence-corrected chi connectivity index (χ3v) is 6.54. The highest BCUT2D eigenvalue weighted by molar-refractivity contribution is 7.91. The summed E-state index contributed by atoms with van der Waals surface area (Å²) < 4.78 is 29.2. The second-order valence-corrected chi connectivity index (χ2v) is 8.44. The van der Waals surface area contributed by atoms with E-state index in [4.69, 9.17) is 4.74 Å². The fraction of sp³-hybridized carbons (Fsp3) is 0.714. The van der Waals surface area contributed by atoms with Gasteiger partial charge in [0.2, 0.25) is 0 Å². The zero-order valence-corrected chi connectivity index (χ0v) is 13.1. The van der Waals surface area contributed by atoms with Gasteiger partial charge in [-0.05, 0) is 25.7 Å². The van der Waals surface area contributed by atoms with Crippen molar-refractivity contribution in [2.45, 2.75) is 37.8 Å². The van der Waals surface area contributed by atoms with Crippen LogP contribution in [-0.4, -0.2) is 66.2 Å². The van der Waals surface area contributed by atoms with E-state index in [-0.39, 0.29) is 23.5 Å². The number of H-pyrrole nitrogens is 1. The SMILES string of the molecule is O=C(c1n[nH]c2c1CCCC2)N1CCOC2CS(=O)(=O)CC21. The third-order valence-electron chi connectivity index (χ3n) is 4.86. The lowest BCUT2D eigenvalue weighted by atomic mass is 9.95. The van der Waals surface area contributed by atoms with Crippen molar-refractivity contribution in [1.29, 1.82) is 0 Å². The fourth-order valence-electron chi connectivity index (χ4n) is 3.76. The van der Waals surface area contributed by atoms with Gasteiger partial charge in [0.25, 0.3) is 5.91 Å². The first-order valence-corrected chi connectivity index (χ1v) is 9.56. The zero-order valence-electron chi connectivity index (χ0n) is 12.2. The maximum absolute atomic E-state index is 12.9. The van der Waals surface area contributed by atoms with Crippen LogP contribution in [0.15, 0.2) is 0 Å². The van der Waals surface area contributed by atoms with E-state index >= 15 is 0 Å². The lowest BCUT2D eigenvalue weighted by Gasteiger charge is -2.36. The molecular formula is C14H19N3O4S. The second kappa shape index (κ2) is 5.06. The molecule has 120 valence electrons. The van der Waals surface area contributed by atoms with Crippen LogP contribution in [0.1, 0.15) is 34.6 Å². The fourth-order valence-corrected chi connectivity index (χ4v) is 5.63. The van der Waals surface area contributed by atoms with Crippen LogP contribution in [0.3, 0.4) is 0 Å². The normalized spacial score (nSPS) is 29.9. The molecule has 2 aliphatic heterocycles. The van der Waals surface area contributed by atoms with Gasteiger partial charge >= 0.3 is 0 Å². The molecule has 0 spiro atoms. The number of aryl methyl sites for hydroxylation is 1. The summed E-state index contributed by atoms with van der Waals surface area (Å²) in [6, 6.07) is -0.373. The summed E-state index contributed by atoms with van der Waals surface area (Å²) in [7, 11) is -3.13. The van der Waals surface area contributed by atoms with Crippen molar-refractivity contribution in [2.24, 2.45) is 0 Å². The first kappa shape index (κ1) is 14.2. The van der Waals surface area contributed by atoms with Crippen LogP contribution in [0, 0.1) is 0 Å². The van der Waals surface area contributed by atoms with Crippen LogP contribution in [0.4, 0.5) is 0 Å². The van der Waals surface area contributed by atoms with Crippen LogP contribution in [0.25, 0.3) is 0 Å². The van der Waals surface area contributed by atoms with E-state index in [1.165, 1.54) is 0 Å². The number of sulfone groups is 1. The molecule has 1 N–H and O–H groups in total. The molecule has 2 unspecified atom stereocenters. The Balaban J connectivity index is 1.64. The van der Waals surface area contributed by atoms with Crippen LogP contribution < -0.4 is 0 Å². The number of fused-ring (bicyclic) bond motifs is 2. The number of nitrogens with zero attached hydrogens (tertiary/aromatic N) is 2. The minimum atomic E-state index is -3.13. The summed E-state index contributed by atoms with van der Waals surface area (Å²) >= 11 is 0. The molecule has 3 heterocycles. The number of rotatable bonds is 1. The van der Waals surface area contributed by atoms with Gasteiger partial charge in [-0.2, -0.15) is 5.10 Å². The maximum atomic E-state index is 12.9. The Morgan fingerprint density at radius 1 is 1.27 bits per heavy atom. The van der Waals surface area contributed by atoms with E-state index < -0.39 is 15.9 Å². The minimum absolute atomic E-state index is 0.00395. The standard InChI is InChI=1S/C14H19N3O4S/c18-14(13-9-3-1-2-4-10(9)15-16-13)17-5-6-21-12-8-22(19,20)7-11(12)17/h11-12H,1-8H2,(H,15,16). The predicted octanol–water partition coefficient (Wildman–Crippen LogP) is -0.0735. The number of ether oxygens (including phenoxy) is 1. The van der Waals surface area contributed by atoms with Crippen molar-refractivity contribution in [2.75, 3.05) is 24.7 Å². The Bertz CT molecular complexity index is 712. The molecule has 1 amide bonds. The number of morpholine rings is 1. The van der Waals surface area contributed by atoms with E-state index in [2.05, 4.69) is 10.2 Å². The first-order chi connectivity index (χ1) is 10.6. The molecule has 2 fully saturated rings. The molecule has 22 heavy (non-hydrogen) atoms. The molecule has 1 aliphatic carbocycles. The average molecular weight is 325 g/mol. The lowest BCUT2D eigenvalue weighted by Crippen LogP contribution is -2.53. The van der Waals surface area contributed by atoms with Crippen molar-refractivity contribution in [1.82, 2.24) is 15.1 Å². The van der Waals surface area contributed by atoms with Gasteiger partial charge in [0.05, 0.1) is 30.3 Å². The number of carbonyl (C=O) groups excluding carboxylic acids is 1. The van der Waals surface area contributed by atoms with Crippen molar-refractivity contribution >= 4 is 15.7 Å². The maximum Gasteiger partial charge on any atom is 0.275 e. The molecule has 2 saturated heterocycles. The third kappa shape index (κ3) is 2.25. The summed E-state index contributed by atoms with van der Waals surface area (Å²) in [6.07, 6.45) is 3.58. The van der Waals surface area contributed by atoms with Crippen LogP contribution in [0.5, 0.6) is 0 Å². The monoisotopic (exact) mass is 325 g/mol. The Hall–Kier alpha value is -1.41.